The van der Waals surface area contributed by atoms with Gasteiger partial charge in [0.05, 0.1) is 58.9 Å². The number of piperidine rings is 1. The summed E-state index contributed by atoms with van der Waals surface area (Å²) in [5.41, 5.74) is 9.75. The van der Waals surface area contributed by atoms with Crippen LogP contribution in [0.4, 0.5) is 74.2 Å². The number of aromatic nitrogens is 14. The lowest BCUT2D eigenvalue weighted by Gasteiger charge is -2.38. The fourth-order valence-electron chi connectivity index (χ4n) is 19.2. The molecule has 6 aliphatic rings. The Bertz CT molecular complexity index is 6990. The number of aliphatic carboxylic acids is 1. The molecular formula is C101H116F5N23O10-2. The number of benzene rings is 5. The average Bonchev–Trinajstić information content (AvgIpc) is 1.58. The van der Waals surface area contributed by atoms with E-state index in [1.54, 1.807) is 40.6 Å². The lowest BCUT2D eigenvalue weighted by atomic mass is 9.83. The highest BCUT2D eigenvalue weighted by atomic mass is 19.4. The Labute approximate surface area is 797 Å². The Hall–Kier alpha value is -13.6. The molecule has 1 atom stereocenters. The van der Waals surface area contributed by atoms with E-state index in [1.807, 2.05) is 47.8 Å². The molecule has 8 N–H and O–H groups in total. The molecule has 5 fully saturated rings. The zero-order valence-electron chi connectivity index (χ0n) is 78.8. The van der Waals surface area contributed by atoms with Gasteiger partial charge in [0.15, 0.2) is 50.6 Å². The van der Waals surface area contributed by atoms with Crippen LogP contribution in [0.5, 0.6) is 0 Å². The number of carboxylic acids is 2. The number of hydrogen-bond acceptors (Lipinski definition) is 26. The smallest absolute Gasteiger partial charge is 0.416 e. The minimum atomic E-state index is -4.43. The Kier molecular flexibility index (Phi) is 29.3. The number of piperazine rings is 2. The summed E-state index contributed by atoms with van der Waals surface area (Å²) < 4.78 is 77.5. The number of pyridine rings is 2. The number of halogens is 5. The van der Waals surface area contributed by atoms with Gasteiger partial charge in [0.2, 0.25) is 17.8 Å². The number of unbranched alkanes of at least 4 members (excludes halogenated alkanes) is 5. The van der Waals surface area contributed by atoms with E-state index < -0.39 is 58.0 Å². The van der Waals surface area contributed by atoms with Gasteiger partial charge in [-0.15, -0.1) is 0 Å². The number of nitrogens with zero attached hydrogens (tertiary/aromatic N) is 17. The van der Waals surface area contributed by atoms with E-state index in [1.165, 1.54) is 64.0 Å². The maximum Gasteiger partial charge on any atom is 0.416 e. The first-order valence-electron chi connectivity index (χ1n) is 48.2. The molecule has 732 valence electrons. The highest BCUT2D eigenvalue weighted by Gasteiger charge is 2.40. The molecule has 2 saturated carbocycles. The summed E-state index contributed by atoms with van der Waals surface area (Å²) in [4.78, 5) is 127. The number of aromatic amines is 3. The van der Waals surface area contributed by atoms with Crippen molar-refractivity contribution in [2.24, 2.45) is 0 Å². The van der Waals surface area contributed by atoms with Crippen LogP contribution in [0.2, 0.25) is 0 Å². The highest BCUT2D eigenvalue weighted by Crippen LogP contribution is 2.45. The first kappa shape index (κ1) is 97.1. The third kappa shape index (κ3) is 22.3. The number of aliphatic hydroxyl groups excluding tert-OH is 1. The molecule has 0 radical (unpaired) electrons. The number of likely N-dealkylation sites (tertiary alicyclic amines) is 1. The number of anilines is 9. The third-order valence-corrected chi connectivity index (χ3v) is 27.6. The normalized spacial score (nSPS) is 16.5. The van der Waals surface area contributed by atoms with Gasteiger partial charge in [0, 0.05) is 143 Å². The number of carboxylic acid groups (broad SMARTS) is 2. The van der Waals surface area contributed by atoms with Gasteiger partial charge in [-0.2, -0.15) is 28.1 Å². The second-order valence-corrected chi connectivity index (χ2v) is 37.1. The van der Waals surface area contributed by atoms with Crippen molar-refractivity contribution in [2.45, 2.75) is 200 Å². The third-order valence-electron chi connectivity index (χ3n) is 27.6. The Morgan fingerprint density at radius 1 is 0.518 bits per heavy atom. The highest BCUT2D eigenvalue weighted by molar-refractivity contribution is 5.93. The van der Waals surface area contributed by atoms with Crippen molar-refractivity contribution >= 4 is 109 Å². The molecule has 12 heterocycles. The lowest BCUT2D eigenvalue weighted by Crippen LogP contribution is -2.47. The van der Waals surface area contributed by atoms with Crippen LogP contribution < -0.4 is 63.0 Å². The fourth-order valence-corrected chi connectivity index (χ4v) is 19.2. The van der Waals surface area contributed by atoms with Crippen LogP contribution in [0, 0.1) is 32.4 Å². The second kappa shape index (κ2) is 42.0. The number of nitrogens with one attached hydrogen (secondary N) is 6. The van der Waals surface area contributed by atoms with Gasteiger partial charge in [0.1, 0.15) is 17.7 Å². The van der Waals surface area contributed by atoms with Crippen molar-refractivity contribution in [1.82, 2.24) is 82.8 Å². The Balaban J connectivity index is 0.000000145. The van der Waals surface area contributed by atoms with Crippen LogP contribution in [0.3, 0.4) is 0 Å². The number of aliphatic hydroxyl groups is 2. The van der Waals surface area contributed by atoms with E-state index in [0.29, 0.717) is 146 Å². The van der Waals surface area contributed by atoms with Crippen LogP contribution in [0.1, 0.15) is 183 Å². The summed E-state index contributed by atoms with van der Waals surface area (Å²) in [5, 5.41) is 54.5. The van der Waals surface area contributed by atoms with Crippen LogP contribution in [-0.2, 0) is 55.5 Å². The average molecular weight is 1910 g/mol. The van der Waals surface area contributed by atoms with Crippen molar-refractivity contribution in [3.63, 3.8) is 0 Å². The van der Waals surface area contributed by atoms with E-state index in [9.17, 15) is 62.4 Å². The standard InChI is InChI=1S/C35H42FN9O4.C35H39FN8O4.C31H37F3N6O2/c1-3-22-17-23(8-7-21(22)2)38-35-40-32-28(33(47)41-35)37-20-44(32)12-6-4-5-11-42-13-15-43(16-14-42)31-27(36)18-25-29(46)26(34(48)49)19-45(24-9-10-24)30(25)39-31;1-3-22-16-23(7-6-21(22)2)38-35-39-32-30(33(46)40-35)37-20-43(32)11-5-4-10-41-12-14-42(15-13-41)29-18-28-25(17-27(29)36)31(45)26(34(47)48)19-44(28)24-8-9-24;1-3-22-18-25(11-10-21(22)2)36-29-37-27-26(28(41)38-29)40(20-35-27)15-6-4-5-14-39-16-12-30(42,13-17-39)23-8-7-9-24(19-23)31(32,33)34/h7-8,17-20,24,29,46H,3-6,9-16H2,1-2H3,(H,48,49)(H2,38,40,41,47);6-7,16-20,24H,3-5,8-15H2,1-2H3,(H,47,48)(H2,38,39,40,46);7-11,18-20,42H,3-6,12-17H2,1-2H3,(H2,36,37,38,41)/p-2. The van der Waals surface area contributed by atoms with Gasteiger partial charge in [-0.05, 0) is 242 Å². The maximum absolute atomic E-state index is 15.4. The quantitative estimate of drug-likeness (QED) is 0.0140. The molecule has 13 aromatic rings. The summed E-state index contributed by atoms with van der Waals surface area (Å²) >= 11 is 0. The number of carbonyl (C=O) groups excluding carboxylic acids is 2. The summed E-state index contributed by atoms with van der Waals surface area (Å²) in [6.45, 7) is 24.0. The monoisotopic (exact) mass is 1910 g/mol. The van der Waals surface area contributed by atoms with Crippen LogP contribution in [0.25, 0.3) is 44.4 Å². The molecule has 8 aromatic heterocycles. The van der Waals surface area contributed by atoms with E-state index in [0.717, 1.165) is 171 Å². The number of hydrogen-bond donors (Lipinski definition) is 8. The van der Waals surface area contributed by atoms with Crippen molar-refractivity contribution in [3.8, 4) is 0 Å². The predicted octanol–water partition coefficient (Wildman–Crippen LogP) is 12.3. The van der Waals surface area contributed by atoms with Gasteiger partial charge >= 0.3 is 6.18 Å². The molecule has 19 rings (SSSR count). The number of carbonyl (C=O) groups is 2. The molecule has 4 aliphatic heterocycles. The number of aromatic carboxylic acids is 1. The molecule has 5 aromatic carbocycles. The van der Waals surface area contributed by atoms with Crippen molar-refractivity contribution in [3.05, 3.63) is 243 Å². The van der Waals surface area contributed by atoms with Crippen LogP contribution >= 0.6 is 0 Å². The minimum Gasteiger partial charge on any atom is -0.545 e. The Morgan fingerprint density at radius 2 is 1.00 bits per heavy atom. The van der Waals surface area contributed by atoms with Gasteiger partial charge in [-0.1, -0.05) is 63.9 Å². The number of imidazole rings is 3. The van der Waals surface area contributed by atoms with Gasteiger partial charge in [0.25, 0.3) is 16.7 Å². The molecule has 1 unspecified atom stereocenters. The molecule has 38 heteroatoms. The minimum absolute atomic E-state index is 0.0679. The van der Waals surface area contributed by atoms with Gasteiger partial charge in [-0.25, -0.2) is 28.7 Å². The van der Waals surface area contributed by atoms with Gasteiger partial charge < -0.3 is 83.8 Å². The van der Waals surface area contributed by atoms with E-state index in [4.69, 9.17) is 0 Å². The summed E-state index contributed by atoms with van der Waals surface area (Å²) in [5.74, 6) is -2.38. The topological polar surface area (TPSA) is 402 Å². The molecule has 3 saturated heterocycles. The summed E-state index contributed by atoms with van der Waals surface area (Å²) in [6, 6.07) is 27.6. The fraction of sp³-hybridized carbons (Fsp3) is 0.436. The summed E-state index contributed by atoms with van der Waals surface area (Å²) in [6.07, 6.45) is 16.3. The largest absolute Gasteiger partial charge is 0.545 e. The Morgan fingerprint density at radius 3 is 1.51 bits per heavy atom. The molecule has 0 bridgehead atoms. The van der Waals surface area contributed by atoms with E-state index in [2.05, 4.69) is 152 Å². The molecular weight excluding hydrogens is 1790 g/mol. The number of rotatable bonds is 33. The van der Waals surface area contributed by atoms with Gasteiger partial charge in [-0.3, -0.25) is 43.9 Å². The zero-order chi connectivity index (χ0) is 97.7. The number of alkyl halides is 3. The molecule has 33 nitrogen and oxygen atoms in total. The van der Waals surface area contributed by atoms with E-state index in [-0.39, 0.29) is 51.1 Å². The van der Waals surface area contributed by atoms with Crippen molar-refractivity contribution in [2.75, 3.05) is 116 Å². The summed E-state index contributed by atoms with van der Waals surface area (Å²) in [7, 11) is 0. The second-order valence-electron chi connectivity index (χ2n) is 37.1. The van der Waals surface area contributed by atoms with Crippen LogP contribution in [-0.4, -0.2) is 196 Å². The van der Waals surface area contributed by atoms with Crippen molar-refractivity contribution in [1.29, 1.82) is 0 Å². The van der Waals surface area contributed by atoms with Crippen molar-refractivity contribution < 1.29 is 52.0 Å². The molecule has 2 aliphatic carbocycles. The number of aryl methyl sites for hydroxylation is 9. The zero-order valence-corrected chi connectivity index (χ0v) is 78.8. The number of fused-ring (bicyclic) bond motifs is 5. The van der Waals surface area contributed by atoms with E-state index >= 15 is 8.78 Å². The maximum atomic E-state index is 15.4. The first-order valence-corrected chi connectivity index (χ1v) is 48.2. The SMILES string of the molecule is CCc1cc(Nc2nc3c(ncn3CCCCCN3CCN(c4nc5c(cc4F)C(O)C(C(=O)[O-])=CN5C4CC4)CC3)c(=O)[nH]2)ccc1C.CCc1cc(Nc2nc3c(ncn3CCCCN3CCN(c4cc5c(cc4F)c(=O)c(C(=O)[O-])cn5C4CC4)CC3)c(=O)[nH]2)ccc1C.CCc1cc(Nc2nc3ncn(CCCCCN4CCC(O)(c5cccc(C(F)(F)F)c5)CC4)c3c(=O)[nH]2)ccc1C. The van der Waals surface area contributed by atoms with Crippen LogP contribution in [0.15, 0.2) is 153 Å². The first-order chi connectivity index (χ1) is 66.9. The molecule has 139 heavy (non-hydrogen) atoms. The molecule has 0 spiro atoms. The predicted molar refractivity (Wildman–Crippen MR) is 520 cm³/mol. The lowest BCUT2D eigenvalue weighted by molar-refractivity contribution is -0.300. The number of H-pyrrole nitrogens is 3. The molecule has 0 amide bonds.